The highest BCUT2D eigenvalue weighted by Crippen LogP contribution is 2.34. The van der Waals surface area contributed by atoms with Crippen molar-refractivity contribution in [2.75, 3.05) is 60.7 Å². The van der Waals surface area contributed by atoms with E-state index in [1.807, 2.05) is 25.1 Å². The van der Waals surface area contributed by atoms with Gasteiger partial charge in [0.1, 0.15) is 17.5 Å². The van der Waals surface area contributed by atoms with E-state index in [9.17, 15) is 14.9 Å². The Bertz CT molecular complexity index is 1390. The lowest BCUT2D eigenvalue weighted by atomic mass is 10.2. The molecule has 3 N–H and O–H groups in total. The molecule has 0 radical (unpaired) electrons. The van der Waals surface area contributed by atoms with Crippen molar-refractivity contribution < 1.29 is 19.2 Å². The molecule has 3 aromatic rings. The highest BCUT2D eigenvalue weighted by Gasteiger charge is 2.21. The molecule has 1 aromatic heterocycles. The number of ether oxygens (including phenoxy) is 2. The number of likely N-dealkylation sites (N-methyl/N-ethyl adjacent to an activating group) is 1. The summed E-state index contributed by atoms with van der Waals surface area (Å²) in [7, 11) is 2.11. The minimum atomic E-state index is -0.655. The van der Waals surface area contributed by atoms with Gasteiger partial charge in [0, 0.05) is 49.3 Å². The number of amides is 1. The first-order chi connectivity index (χ1) is 19.5. The van der Waals surface area contributed by atoms with E-state index < -0.39 is 16.6 Å². The molecule has 1 aliphatic heterocycles. The molecular weight excluding hydrogens is 528 g/mol. The van der Waals surface area contributed by atoms with Gasteiger partial charge in [-0.05, 0) is 65.1 Å². The van der Waals surface area contributed by atoms with Gasteiger partial charge in [0.05, 0.1) is 17.2 Å². The number of nitro groups is 1. The number of piperazine rings is 1. The van der Waals surface area contributed by atoms with Gasteiger partial charge in [-0.15, -0.1) is 0 Å². The molecule has 4 rings (SSSR count). The second-order valence-corrected chi connectivity index (χ2v) is 10.5. The average molecular weight is 565 g/mol. The van der Waals surface area contributed by atoms with Gasteiger partial charge < -0.3 is 29.9 Å². The van der Waals surface area contributed by atoms with Gasteiger partial charge in [0.25, 0.3) is 0 Å². The third-order valence-electron chi connectivity index (χ3n) is 6.12. The highest BCUT2D eigenvalue weighted by molar-refractivity contribution is 5.86. The molecule has 218 valence electrons. The normalized spacial score (nSPS) is 13.8. The van der Waals surface area contributed by atoms with Gasteiger partial charge in [0.15, 0.2) is 0 Å². The Labute approximate surface area is 239 Å². The van der Waals surface area contributed by atoms with Crippen molar-refractivity contribution in [3.63, 3.8) is 0 Å². The Hall–Kier alpha value is -4.65. The van der Waals surface area contributed by atoms with Gasteiger partial charge in [-0.2, -0.15) is 4.98 Å². The lowest BCUT2D eigenvalue weighted by Gasteiger charge is -2.34. The minimum Gasteiger partial charge on any atom is -0.492 e. The summed E-state index contributed by atoms with van der Waals surface area (Å²) in [5.41, 5.74) is 1.64. The molecule has 0 atom stereocenters. The van der Waals surface area contributed by atoms with Crippen LogP contribution in [0.15, 0.2) is 48.7 Å². The van der Waals surface area contributed by atoms with Gasteiger partial charge in [0.2, 0.25) is 11.8 Å². The topological polar surface area (TPSA) is 147 Å². The molecule has 1 fully saturated rings. The quantitative estimate of drug-likeness (QED) is 0.228. The first-order valence-electron chi connectivity index (χ1n) is 13.4. The third kappa shape index (κ3) is 8.18. The second-order valence-electron chi connectivity index (χ2n) is 10.5. The van der Waals surface area contributed by atoms with Crippen molar-refractivity contribution in [1.29, 1.82) is 0 Å². The fourth-order valence-corrected chi connectivity index (χ4v) is 4.17. The largest absolute Gasteiger partial charge is 0.492 e. The molecule has 0 unspecified atom stereocenters. The van der Waals surface area contributed by atoms with Crippen LogP contribution in [0.2, 0.25) is 0 Å². The van der Waals surface area contributed by atoms with Gasteiger partial charge in [-0.25, -0.2) is 9.78 Å². The van der Waals surface area contributed by atoms with E-state index in [2.05, 4.69) is 42.8 Å². The number of carbonyl (C=O) groups is 1. The van der Waals surface area contributed by atoms with Crippen molar-refractivity contribution in [2.45, 2.75) is 33.3 Å². The van der Waals surface area contributed by atoms with Crippen molar-refractivity contribution in [3.8, 4) is 5.75 Å². The Morgan fingerprint density at radius 3 is 2.49 bits per heavy atom. The summed E-state index contributed by atoms with van der Waals surface area (Å²) in [5.74, 6) is 0.754. The van der Waals surface area contributed by atoms with Crippen LogP contribution < -0.4 is 25.6 Å². The summed E-state index contributed by atoms with van der Waals surface area (Å²) < 4.78 is 11.2. The molecule has 1 saturated heterocycles. The van der Waals surface area contributed by atoms with Crippen LogP contribution in [-0.2, 0) is 4.74 Å². The van der Waals surface area contributed by atoms with Crippen LogP contribution >= 0.6 is 0 Å². The van der Waals surface area contributed by atoms with Crippen molar-refractivity contribution in [1.82, 2.24) is 14.9 Å². The first kappa shape index (κ1) is 29.3. The van der Waals surface area contributed by atoms with E-state index >= 15 is 0 Å². The number of nitrogens with zero attached hydrogens (tertiary/aromatic N) is 5. The van der Waals surface area contributed by atoms with E-state index in [4.69, 9.17) is 9.47 Å². The first-order valence-corrected chi connectivity index (χ1v) is 13.4. The highest BCUT2D eigenvalue weighted by atomic mass is 16.6. The standard InChI is InChI=1S/C28H36N8O5/c1-6-40-24-17-21(35-14-12-34(5)13-15-35)10-11-22(24)32-26-29-18-23(36(38)39)25(33-26)30-19-8-7-9-20(16-19)31-27(37)41-28(2,3)4/h7-11,16-18H,6,12-15H2,1-5H3,(H,31,37)(H2,29,30,32,33). The Balaban J connectivity index is 1.55. The van der Waals surface area contributed by atoms with Crippen LogP contribution in [0.5, 0.6) is 5.75 Å². The van der Waals surface area contributed by atoms with Crippen LogP contribution in [0.3, 0.4) is 0 Å². The van der Waals surface area contributed by atoms with Gasteiger partial charge in [-0.1, -0.05) is 6.07 Å². The number of hydrogen-bond acceptors (Lipinski definition) is 11. The lowest BCUT2D eigenvalue weighted by molar-refractivity contribution is -0.384. The SMILES string of the molecule is CCOc1cc(N2CCN(C)CC2)ccc1Nc1ncc([N+](=O)[O-])c(Nc2cccc(NC(=O)OC(C)(C)C)c2)n1. The number of hydrogen-bond donors (Lipinski definition) is 3. The van der Waals surface area contributed by atoms with Crippen LogP contribution in [0.1, 0.15) is 27.7 Å². The summed E-state index contributed by atoms with van der Waals surface area (Å²) in [6, 6.07) is 12.6. The van der Waals surface area contributed by atoms with Gasteiger partial charge in [-0.3, -0.25) is 15.4 Å². The predicted octanol–water partition coefficient (Wildman–Crippen LogP) is 5.37. The molecule has 13 nitrogen and oxygen atoms in total. The molecule has 41 heavy (non-hydrogen) atoms. The molecule has 13 heteroatoms. The van der Waals surface area contributed by atoms with Crippen LogP contribution in [0.25, 0.3) is 0 Å². The zero-order valence-electron chi connectivity index (χ0n) is 23.9. The zero-order valence-corrected chi connectivity index (χ0v) is 23.9. The maximum absolute atomic E-state index is 12.2. The Kier molecular flexibility index (Phi) is 9.07. The second kappa shape index (κ2) is 12.7. The van der Waals surface area contributed by atoms with E-state index in [1.54, 1.807) is 45.0 Å². The van der Waals surface area contributed by atoms with E-state index in [-0.39, 0.29) is 17.5 Å². The number of nitrogens with one attached hydrogen (secondary N) is 3. The van der Waals surface area contributed by atoms with Gasteiger partial charge >= 0.3 is 11.8 Å². The predicted molar refractivity (Wildman–Crippen MR) is 159 cm³/mol. The number of benzene rings is 2. The molecule has 1 aliphatic rings. The monoisotopic (exact) mass is 564 g/mol. The zero-order chi connectivity index (χ0) is 29.6. The Morgan fingerprint density at radius 1 is 1.07 bits per heavy atom. The van der Waals surface area contributed by atoms with E-state index in [0.717, 1.165) is 38.1 Å². The fourth-order valence-electron chi connectivity index (χ4n) is 4.17. The Morgan fingerprint density at radius 2 is 1.80 bits per heavy atom. The molecule has 0 spiro atoms. The summed E-state index contributed by atoms with van der Waals surface area (Å²) in [6.45, 7) is 11.5. The molecular formula is C28H36N8O5. The number of rotatable bonds is 9. The van der Waals surface area contributed by atoms with E-state index in [0.29, 0.717) is 29.4 Å². The number of carbonyl (C=O) groups excluding carboxylic acids is 1. The van der Waals surface area contributed by atoms with Crippen molar-refractivity contribution >= 4 is 46.3 Å². The molecule has 0 bridgehead atoms. The van der Waals surface area contributed by atoms with Crippen molar-refractivity contribution in [2.24, 2.45) is 0 Å². The van der Waals surface area contributed by atoms with E-state index in [1.165, 1.54) is 0 Å². The maximum atomic E-state index is 12.2. The lowest BCUT2D eigenvalue weighted by Crippen LogP contribution is -2.44. The summed E-state index contributed by atoms with van der Waals surface area (Å²) >= 11 is 0. The molecule has 2 aromatic carbocycles. The van der Waals surface area contributed by atoms with Crippen molar-refractivity contribution in [3.05, 3.63) is 58.8 Å². The molecule has 2 heterocycles. The van der Waals surface area contributed by atoms with Crippen LogP contribution in [-0.4, -0.2) is 71.3 Å². The van der Waals surface area contributed by atoms with Crippen LogP contribution in [0, 0.1) is 10.1 Å². The fraction of sp³-hybridized carbons (Fsp3) is 0.393. The minimum absolute atomic E-state index is 0.0195. The number of anilines is 6. The molecule has 0 aliphatic carbocycles. The third-order valence-corrected chi connectivity index (χ3v) is 6.12. The van der Waals surface area contributed by atoms with Crippen LogP contribution in [0.4, 0.5) is 45.0 Å². The number of aromatic nitrogens is 2. The summed E-state index contributed by atoms with van der Waals surface area (Å²) in [6.07, 6.45) is 0.525. The summed E-state index contributed by atoms with van der Waals surface area (Å²) in [5, 5.41) is 20.5. The molecule has 1 amide bonds. The maximum Gasteiger partial charge on any atom is 0.412 e. The average Bonchev–Trinajstić information content (AvgIpc) is 2.89. The molecule has 0 saturated carbocycles. The smallest absolute Gasteiger partial charge is 0.412 e. The summed E-state index contributed by atoms with van der Waals surface area (Å²) in [4.78, 5) is 36.5.